The van der Waals surface area contributed by atoms with E-state index in [0.29, 0.717) is 10.5 Å². The quantitative estimate of drug-likeness (QED) is 0.589. The summed E-state index contributed by atoms with van der Waals surface area (Å²) in [6, 6.07) is 10.1. The number of rotatable bonds is 4. The molecular weight excluding hydrogens is 359 g/mol. The van der Waals surface area contributed by atoms with Crippen molar-refractivity contribution in [1.29, 1.82) is 5.26 Å². The Morgan fingerprint density at radius 2 is 2.04 bits per heavy atom. The van der Waals surface area contributed by atoms with Gasteiger partial charge in [-0.15, -0.1) is 11.8 Å². The molecule has 0 fully saturated rings. The van der Waals surface area contributed by atoms with E-state index in [2.05, 4.69) is 11.1 Å². The summed E-state index contributed by atoms with van der Waals surface area (Å²) in [5.74, 6) is 0. The van der Waals surface area contributed by atoms with Crippen LogP contribution in [0.2, 0.25) is 0 Å². The maximum Gasteiger partial charge on any atom is 0.416 e. The predicted molar refractivity (Wildman–Crippen MR) is 96.1 cm³/mol. The number of benzene rings is 1. The first-order valence-electron chi connectivity index (χ1n) is 7.90. The highest BCUT2D eigenvalue weighted by atomic mass is 32.2. The van der Waals surface area contributed by atoms with Gasteiger partial charge in [-0.05, 0) is 48.6 Å². The van der Waals surface area contributed by atoms with Gasteiger partial charge in [0.05, 0.1) is 18.1 Å². The molecule has 0 radical (unpaired) electrons. The van der Waals surface area contributed by atoms with Crippen LogP contribution in [-0.2, 0) is 19.1 Å². The van der Waals surface area contributed by atoms with Gasteiger partial charge in [0.25, 0.3) is 0 Å². The summed E-state index contributed by atoms with van der Waals surface area (Å²) in [6.07, 6.45) is -0.883. The normalized spacial score (nSPS) is 11.7. The van der Waals surface area contributed by atoms with Crippen LogP contribution >= 0.6 is 11.8 Å². The summed E-state index contributed by atoms with van der Waals surface area (Å²) in [4.78, 5) is 4.90. The number of pyridine rings is 1. The molecular formula is C19H16F3N3S. The van der Waals surface area contributed by atoms with Gasteiger partial charge in [0.15, 0.2) is 0 Å². The van der Waals surface area contributed by atoms with Gasteiger partial charge in [0.2, 0.25) is 0 Å². The first-order chi connectivity index (χ1) is 12.4. The second-order valence-corrected chi connectivity index (χ2v) is 6.76. The minimum Gasteiger partial charge on any atom is -0.325 e. The average Bonchev–Trinajstić information content (AvgIpc) is 2.87. The molecule has 0 saturated carbocycles. The Hall–Kier alpha value is -2.46. The number of nitriles is 1. The zero-order valence-electron chi connectivity index (χ0n) is 14.3. The molecule has 0 aliphatic heterocycles. The Morgan fingerprint density at radius 3 is 2.69 bits per heavy atom. The minimum atomic E-state index is -4.43. The number of thioether (sulfide) groups is 1. The highest BCUT2D eigenvalue weighted by Crippen LogP contribution is 2.36. The topological polar surface area (TPSA) is 41.6 Å². The van der Waals surface area contributed by atoms with Gasteiger partial charge in [-0.3, -0.25) is 0 Å². The molecule has 0 bridgehead atoms. The van der Waals surface area contributed by atoms with Crippen molar-refractivity contribution in [3.8, 4) is 6.07 Å². The van der Waals surface area contributed by atoms with E-state index in [1.807, 2.05) is 13.0 Å². The fourth-order valence-electron chi connectivity index (χ4n) is 3.11. The molecule has 0 N–H and O–H groups in total. The molecule has 0 spiro atoms. The lowest BCUT2D eigenvalue weighted by Crippen LogP contribution is -2.13. The predicted octanol–water partition coefficient (Wildman–Crippen LogP) is 5.20. The van der Waals surface area contributed by atoms with Crippen LogP contribution in [0.4, 0.5) is 13.2 Å². The summed E-state index contributed by atoms with van der Waals surface area (Å²) >= 11 is 1.28. The average molecular weight is 375 g/mol. The molecule has 3 aromatic rings. The summed E-state index contributed by atoms with van der Waals surface area (Å²) in [5.41, 5.74) is 1.72. The van der Waals surface area contributed by atoms with Crippen molar-refractivity contribution in [2.45, 2.75) is 31.0 Å². The highest BCUT2D eigenvalue weighted by molar-refractivity contribution is 7.98. The fraction of sp³-hybridized carbons (Fsp3) is 0.263. The number of fused-ring (bicyclic) bond motifs is 1. The Morgan fingerprint density at radius 1 is 1.27 bits per heavy atom. The molecule has 0 unspecified atom stereocenters. The van der Waals surface area contributed by atoms with Crippen LogP contribution in [0.1, 0.15) is 22.4 Å². The van der Waals surface area contributed by atoms with E-state index in [0.717, 1.165) is 16.6 Å². The minimum absolute atomic E-state index is 0.0499. The summed E-state index contributed by atoms with van der Waals surface area (Å²) in [7, 11) is 0. The highest BCUT2D eigenvalue weighted by Gasteiger charge is 2.34. The molecule has 7 heteroatoms. The Balaban J connectivity index is 2.16. The summed E-state index contributed by atoms with van der Waals surface area (Å²) in [6.45, 7) is 1.87. The molecule has 0 saturated heterocycles. The maximum atomic E-state index is 13.5. The SMILES string of the molecule is CSc1ccc(Cn2c(C)c(CC#N)c3cccnc32)c(C(F)(F)F)c1. The first kappa shape index (κ1) is 18.3. The lowest BCUT2D eigenvalue weighted by atomic mass is 10.1. The molecule has 2 aromatic heterocycles. The van der Waals surface area contributed by atoms with Crippen molar-refractivity contribution in [2.24, 2.45) is 0 Å². The van der Waals surface area contributed by atoms with Gasteiger partial charge in [0.1, 0.15) is 5.65 Å². The number of aromatic nitrogens is 2. The number of alkyl halides is 3. The number of hydrogen-bond acceptors (Lipinski definition) is 3. The smallest absolute Gasteiger partial charge is 0.325 e. The number of nitrogens with zero attached hydrogens (tertiary/aromatic N) is 3. The van der Waals surface area contributed by atoms with Gasteiger partial charge in [-0.25, -0.2) is 4.98 Å². The third-order valence-corrected chi connectivity index (χ3v) is 5.14. The van der Waals surface area contributed by atoms with E-state index in [-0.39, 0.29) is 18.5 Å². The van der Waals surface area contributed by atoms with E-state index in [4.69, 9.17) is 5.26 Å². The van der Waals surface area contributed by atoms with Crippen LogP contribution in [0.5, 0.6) is 0 Å². The Bertz CT molecular complexity index is 1000. The van der Waals surface area contributed by atoms with Crippen molar-refractivity contribution in [3.63, 3.8) is 0 Å². The zero-order chi connectivity index (χ0) is 18.9. The molecule has 2 heterocycles. The standard InChI is InChI=1S/C19H16F3N3S/c1-12-15(7-8-23)16-4-3-9-24-18(16)25(12)11-13-5-6-14(26-2)10-17(13)19(20,21)22/h3-6,9-10H,7,11H2,1-2H3. The fourth-order valence-corrected chi connectivity index (χ4v) is 3.55. The second kappa shape index (κ2) is 7.04. The third kappa shape index (κ3) is 3.29. The van der Waals surface area contributed by atoms with E-state index >= 15 is 0 Å². The van der Waals surface area contributed by atoms with Crippen LogP contribution < -0.4 is 0 Å². The second-order valence-electron chi connectivity index (χ2n) is 5.88. The monoisotopic (exact) mass is 375 g/mol. The molecule has 0 aliphatic carbocycles. The summed E-state index contributed by atoms with van der Waals surface area (Å²) in [5, 5.41) is 9.89. The van der Waals surface area contributed by atoms with Gasteiger partial charge in [-0.1, -0.05) is 6.07 Å². The van der Waals surface area contributed by atoms with E-state index < -0.39 is 11.7 Å². The molecule has 0 amide bonds. The molecule has 3 nitrogen and oxygen atoms in total. The lowest BCUT2D eigenvalue weighted by molar-refractivity contribution is -0.138. The Kier molecular flexibility index (Phi) is 4.97. The van der Waals surface area contributed by atoms with Crippen LogP contribution in [0.3, 0.4) is 0 Å². The van der Waals surface area contributed by atoms with Gasteiger partial charge in [0, 0.05) is 28.7 Å². The van der Waals surface area contributed by atoms with Crippen molar-refractivity contribution in [2.75, 3.05) is 6.26 Å². The number of halogens is 3. The van der Waals surface area contributed by atoms with Gasteiger partial charge in [-0.2, -0.15) is 18.4 Å². The third-order valence-electron chi connectivity index (χ3n) is 4.42. The van der Waals surface area contributed by atoms with E-state index in [9.17, 15) is 13.2 Å². The van der Waals surface area contributed by atoms with Crippen molar-refractivity contribution in [1.82, 2.24) is 9.55 Å². The van der Waals surface area contributed by atoms with Gasteiger partial charge < -0.3 is 4.57 Å². The first-order valence-corrected chi connectivity index (χ1v) is 9.13. The Labute approximate surface area is 153 Å². The summed E-state index contributed by atoms with van der Waals surface area (Å²) < 4.78 is 42.3. The lowest BCUT2D eigenvalue weighted by Gasteiger charge is -2.16. The van der Waals surface area contributed by atoms with Crippen LogP contribution in [0, 0.1) is 18.3 Å². The van der Waals surface area contributed by atoms with Gasteiger partial charge >= 0.3 is 6.18 Å². The van der Waals surface area contributed by atoms with Crippen molar-refractivity contribution < 1.29 is 13.2 Å². The molecule has 134 valence electrons. The largest absolute Gasteiger partial charge is 0.416 e. The zero-order valence-corrected chi connectivity index (χ0v) is 15.1. The number of hydrogen-bond donors (Lipinski definition) is 0. The molecule has 0 aliphatic rings. The van der Waals surface area contributed by atoms with E-state index in [1.165, 1.54) is 23.9 Å². The maximum absolute atomic E-state index is 13.5. The molecule has 26 heavy (non-hydrogen) atoms. The van der Waals surface area contributed by atoms with Crippen molar-refractivity contribution in [3.05, 3.63) is 58.9 Å². The molecule has 0 atom stereocenters. The van der Waals surface area contributed by atoms with Crippen molar-refractivity contribution >= 4 is 22.8 Å². The van der Waals surface area contributed by atoms with Crippen LogP contribution in [0.25, 0.3) is 11.0 Å². The molecule has 1 aromatic carbocycles. The van der Waals surface area contributed by atoms with Crippen LogP contribution in [-0.4, -0.2) is 15.8 Å². The molecule has 3 rings (SSSR count). The van der Waals surface area contributed by atoms with E-state index in [1.54, 1.807) is 29.2 Å². The van der Waals surface area contributed by atoms with Crippen LogP contribution in [0.15, 0.2) is 41.4 Å².